The van der Waals surface area contributed by atoms with Crippen LogP contribution in [0.2, 0.25) is 0 Å². The van der Waals surface area contributed by atoms with Crippen LogP contribution in [0.25, 0.3) is 0 Å². The maximum absolute atomic E-state index is 11.0. The normalized spacial score (nSPS) is 10.6. The molecule has 104 valence electrons. The number of ether oxygens (including phenoxy) is 1. The molecule has 0 aliphatic rings. The minimum absolute atomic E-state index is 0.421. The Labute approximate surface area is 120 Å². The second kappa shape index (κ2) is 6.90. The Balaban J connectivity index is 2.12. The smallest absolute Gasteiger partial charge is 0.150 e. The lowest BCUT2D eigenvalue weighted by Crippen LogP contribution is -2.03. The summed E-state index contributed by atoms with van der Waals surface area (Å²) in [6, 6.07) is 15.6. The Hall–Kier alpha value is -2.09. The predicted molar refractivity (Wildman–Crippen MR) is 81.1 cm³/mol. The number of carbonyl (C=O) groups is 1. The van der Waals surface area contributed by atoms with E-state index in [4.69, 9.17) is 4.74 Å². The van der Waals surface area contributed by atoms with Crippen molar-refractivity contribution in [3.8, 4) is 5.75 Å². The molecule has 0 N–H and O–H groups in total. The van der Waals surface area contributed by atoms with Crippen molar-refractivity contribution in [2.75, 3.05) is 0 Å². The fourth-order valence-corrected chi connectivity index (χ4v) is 2.19. The van der Waals surface area contributed by atoms with Gasteiger partial charge in [-0.1, -0.05) is 56.3 Å². The van der Waals surface area contributed by atoms with E-state index in [1.165, 1.54) is 5.56 Å². The first-order chi connectivity index (χ1) is 9.70. The molecule has 0 radical (unpaired) electrons. The van der Waals surface area contributed by atoms with Crippen LogP contribution in [0.1, 0.15) is 35.3 Å². The van der Waals surface area contributed by atoms with Crippen molar-refractivity contribution in [3.63, 3.8) is 0 Å². The molecule has 2 heteroatoms. The molecule has 0 amide bonds. The summed E-state index contributed by atoms with van der Waals surface area (Å²) in [5.74, 6) is 1.49. The summed E-state index contributed by atoms with van der Waals surface area (Å²) in [4.78, 5) is 11.0. The zero-order valence-electron chi connectivity index (χ0n) is 12.0. The van der Waals surface area contributed by atoms with Crippen LogP contribution in [0.5, 0.6) is 5.75 Å². The highest BCUT2D eigenvalue weighted by Gasteiger charge is 2.07. The fraction of sp³-hybridized carbons (Fsp3) is 0.278. The maximum Gasteiger partial charge on any atom is 0.150 e. The van der Waals surface area contributed by atoms with Gasteiger partial charge in [0.1, 0.15) is 18.6 Å². The van der Waals surface area contributed by atoms with E-state index >= 15 is 0 Å². The first-order valence-corrected chi connectivity index (χ1v) is 6.94. The fourth-order valence-electron chi connectivity index (χ4n) is 2.19. The van der Waals surface area contributed by atoms with Crippen molar-refractivity contribution in [2.45, 2.75) is 26.9 Å². The number of hydrogen-bond acceptors (Lipinski definition) is 2. The third-order valence-corrected chi connectivity index (χ3v) is 3.17. The van der Waals surface area contributed by atoms with Gasteiger partial charge in [0.05, 0.1) is 0 Å². The van der Waals surface area contributed by atoms with Gasteiger partial charge in [-0.2, -0.15) is 0 Å². The van der Waals surface area contributed by atoms with Gasteiger partial charge < -0.3 is 4.74 Å². The van der Waals surface area contributed by atoms with Crippen molar-refractivity contribution >= 4 is 6.29 Å². The maximum atomic E-state index is 11.0. The minimum Gasteiger partial charge on any atom is -0.489 e. The van der Waals surface area contributed by atoms with E-state index in [1.54, 1.807) is 0 Å². The highest BCUT2D eigenvalue weighted by atomic mass is 16.5. The monoisotopic (exact) mass is 268 g/mol. The Kier molecular flexibility index (Phi) is 4.94. The molecule has 0 aromatic heterocycles. The van der Waals surface area contributed by atoms with Crippen molar-refractivity contribution in [1.29, 1.82) is 0 Å². The lowest BCUT2D eigenvalue weighted by atomic mass is 10.0. The van der Waals surface area contributed by atoms with Gasteiger partial charge in [-0.3, -0.25) is 4.79 Å². The Morgan fingerprint density at radius 2 is 1.65 bits per heavy atom. The molecule has 0 saturated heterocycles. The molecule has 0 spiro atoms. The van der Waals surface area contributed by atoms with E-state index in [9.17, 15) is 4.79 Å². The van der Waals surface area contributed by atoms with Crippen molar-refractivity contribution in [3.05, 3.63) is 65.2 Å². The third kappa shape index (κ3) is 3.70. The van der Waals surface area contributed by atoms with E-state index in [1.807, 2.05) is 42.5 Å². The van der Waals surface area contributed by atoms with Gasteiger partial charge in [0.15, 0.2) is 0 Å². The van der Waals surface area contributed by atoms with Gasteiger partial charge in [0.25, 0.3) is 0 Å². The summed E-state index contributed by atoms with van der Waals surface area (Å²) in [6.07, 6.45) is 1.87. The summed E-state index contributed by atoms with van der Waals surface area (Å²) in [6.45, 7) is 4.81. The largest absolute Gasteiger partial charge is 0.489 e. The second-order valence-electron chi connectivity index (χ2n) is 5.31. The molecule has 0 heterocycles. The Morgan fingerprint density at radius 3 is 2.35 bits per heavy atom. The zero-order valence-corrected chi connectivity index (χ0v) is 12.0. The Morgan fingerprint density at radius 1 is 1.00 bits per heavy atom. The number of rotatable bonds is 6. The van der Waals surface area contributed by atoms with Gasteiger partial charge in [-0.15, -0.1) is 0 Å². The van der Waals surface area contributed by atoms with Crippen molar-refractivity contribution in [1.82, 2.24) is 0 Å². The first-order valence-electron chi connectivity index (χ1n) is 6.94. The molecule has 0 atom stereocenters. The first kappa shape index (κ1) is 14.3. The van der Waals surface area contributed by atoms with Crippen LogP contribution in [0.3, 0.4) is 0 Å². The van der Waals surface area contributed by atoms with Crippen LogP contribution >= 0.6 is 0 Å². The number of benzene rings is 2. The van der Waals surface area contributed by atoms with Crippen molar-refractivity contribution in [2.24, 2.45) is 5.92 Å². The van der Waals surface area contributed by atoms with Crippen LogP contribution in [0.4, 0.5) is 0 Å². The average Bonchev–Trinajstić information content (AvgIpc) is 2.46. The SMILES string of the molecule is CC(C)Cc1ccccc1OCc1ccccc1C=O. The molecule has 2 nitrogen and oxygen atoms in total. The Bertz CT molecular complexity index is 573. The minimum atomic E-state index is 0.421. The van der Waals surface area contributed by atoms with Gasteiger partial charge in [-0.25, -0.2) is 0 Å². The molecule has 0 unspecified atom stereocenters. The lowest BCUT2D eigenvalue weighted by Gasteiger charge is -2.13. The van der Waals surface area contributed by atoms with E-state index in [-0.39, 0.29) is 0 Å². The van der Waals surface area contributed by atoms with Crippen LogP contribution in [-0.2, 0) is 13.0 Å². The zero-order chi connectivity index (χ0) is 14.4. The van der Waals surface area contributed by atoms with Crippen molar-refractivity contribution < 1.29 is 9.53 Å². The summed E-state index contributed by atoms with van der Waals surface area (Å²) in [5.41, 5.74) is 2.82. The average molecular weight is 268 g/mol. The second-order valence-corrected chi connectivity index (χ2v) is 5.31. The highest BCUT2D eigenvalue weighted by Crippen LogP contribution is 2.22. The molecular weight excluding hydrogens is 248 g/mol. The lowest BCUT2D eigenvalue weighted by molar-refractivity contribution is 0.112. The van der Waals surface area contributed by atoms with E-state index in [0.717, 1.165) is 24.0 Å². The number of hydrogen-bond donors (Lipinski definition) is 0. The topological polar surface area (TPSA) is 26.3 Å². The van der Waals surface area contributed by atoms with E-state index in [0.29, 0.717) is 18.1 Å². The summed E-state index contributed by atoms with van der Waals surface area (Å²) < 4.78 is 5.91. The van der Waals surface area contributed by atoms with Crippen LogP contribution in [0, 0.1) is 5.92 Å². The van der Waals surface area contributed by atoms with Gasteiger partial charge in [0.2, 0.25) is 0 Å². The molecule has 0 aliphatic heterocycles. The van der Waals surface area contributed by atoms with Crippen LogP contribution < -0.4 is 4.74 Å². The van der Waals surface area contributed by atoms with Gasteiger partial charge >= 0.3 is 0 Å². The molecule has 2 aromatic carbocycles. The van der Waals surface area contributed by atoms with E-state index in [2.05, 4.69) is 19.9 Å². The van der Waals surface area contributed by atoms with Gasteiger partial charge in [-0.05, 0) is 29.5 Å². The number of carbonyl (C=O) groups excluding carboxylic acids is 1. The molecule has 2 rings (SSSR count). The summed E-state index contributed by atoms with van der Waals surface area (Å²) >= 11 is 0. The molecular formula is C18H20O2. The van der Waals surface area contributed by atoms with Crippen LogP contribution in [0.15, 0.2) is 48.5 Å². The summed E-state index contributed by atoms with van der Waals surface area (Å²) in [7, 11) is 0. The molecule has 0 aliphatic carbocycles. The molecule has 0 saturated carbocycles. The molecule has 20 heavy (non-hydrogen) atoms. The standard InChI is InChI=1S/C18H20O2/c1-14(2)11-15-7-5-6-10-18(15)20-13-17-9-4-3-8-16(17)12-19/h3-10,12,14H,11,13H2,1-2H3. The third-order valence-electron chi connectivity index (χ3n) is 3.17. The van der Waals surface area contributed by atoms with Crippen LogP contribution in [-0.4, -0.2) is 6.29 Å². The molecule has 2 aromatic rings. The predicted octanol–water partition coefficient (Wildman–Crippen LogP) is 4.28. The van der Waals surface area contributed by atoms with E-state index < -0.39 is 0 Å². The molecule has 0 fully saturated rings. The molecule has 0 bridgehead atoms. The number of para-hydroxylation sites is 1. The summed E-state index contributed by atoms with van der Waals surface area (Å²) in [5, 5.41) is 0. The highest BCUT2D eigenvalue weighted by molar-refractivity contribution is 5.77. The quantitative estimate of drug-likeness (QED) is 0.731. The number of aldehydes is 1. The van der Waals surface area contributed by atoms with Gasteiger partial charge in [0, 0.05) is 5.56 Å².